The van der Waals surface area contributed by atoms with Crippen LogP contribution in [0.25, 0.3) is 32.7 Å². The number of para-hydroxylation sites is 1. The Hall–Kier alpha value is -2.94. The molecule has 3 aromatic carbocycles. The summed E-state index contributed by atoms with van der Waals surface area (Å²) in [6, 6.07) is 19.1. The van der Waals surface area contributed by atoms with Crippen molar-refractivity contribution in [2.45, 2.75) is 13.1 Å². The molecule has 0 fully saturated rings. The van der Waals surface area contributed by atoms with Crippen LogP contribution in [0.2, 0.25) is 0 Å². The number of hydrogen-bond donors (Lipinski definition) is 0. The molecule has 4 aromatic rings. The van der Waals surface area contributed by atoms with Gasteiger partial charge in [-0.2, -0.15) is 0 Å². The summed E-state index contributed by atoms with van der Waals surface area (Å²) in [5, 5.41) is 4.86. The third-order valence-electron chi connectivity index (χ3n) is 5.10. The molecule has 0 radical (unpaired) electrons. The van der Waals surface area contributed by atoms with Crippen molar-refractivity contribution in [3.8, 4) is 0 Å². The van der Waals surface area contributed by atoms with Gasteiger partial charge in [0.1, 0.15) is 11.7 Å². The molecule has 1 aromatic heterocycles. The molecule has 1 aliphatic heterocycles. The fourth-order valence-electron chi connectivity index (χ4n) is 3.66. The monoisotopic (exact) mass is 314 g/mol. The Morgan fingerprint density at radius 3 is 2.54 bits per heavy atom. The van der Waals surface area contributed by atoms with Crippen LogP contribution < -0.4 is 4.90 Å². The first kappa shape index (κ1) is 13.5. The smallest absolute Gasteiger partial charge is 0.159 e. The van der Waals surface area contributed by atoms with Crippen LogP contribution in [0.3, 0.4) is 0 Å². The van der Waals surface area contributed by atoms with E-state index in [2.05, 4.69) is 90.8 Å². The van der Waals surface area contributed by atoms with Crippen molar-refractivity contribution in [2.75, 3.05) is 11.9 Å². The second kappa shape index (κ2) is 4.78. The number of fused-ring (bicyclic) bond motifs is 5. The van der Waals surface area contributed by atoms with E-state index in [1.165, 1.54) is 21.5 Å². The summed E-state index contributed by atoms with van der Waals surface area (Å²) in [5.74, 6) is 0. The molecule has 1 atom stereocenters. The maximum Gasteiger partial charge on any atom is 0.159 e. The molecule has 0 aliphatic carbocycles. The Kier molecular flexibility index (Phi) is 2.69. The summed E-state index contributed by atoms with van der Waals surface area (Å²) >= 11 is 0. The highest BCUT2D eigenvalue weighted by atomic mass is 16.3. The highest BCUT2D eigenvalue weighted by Crippen LogP contribution is 2.39. The van der Waals surface area contributed by atoms with E-state index in [1.54, 1.807) is 0 Å². The third-order valence-corrected chi connectivity index (χ3v) is 5.10. The van der Waals surface area contributed by atoms with E-state index in [0.717, 1.165) is 16.9 Å². The Bertz CT molecular complexity index is 1110. The number of hydrogen-bond acceptors (Lipinski definition) is 3. The van der Waals surface area contributed by atoms with Crippen LogP contribution >= 0.6 is 0 Å². The fourth-order valence-corrected chi connectivity index (χ4v) is 3.66. The van der Waals surface area contributed by atoms with Crippen molar-refractivity contribution in [3.05, 3.63) is 67.0 Å². The standard InChI is InChI=1S/C21H18N2O/c1-14-22(2)12-13-23(14)18-9-5-8-17-20-16-7-4-3-6-15(16)10-11-19(20)24-21(17)18/h3-14H,1-2H3/t14-/m0/s1. The minimum Gasteiger partial charge on any atom is -0.454 e. The van der Waals surface area contributed by atoms with Crippen molar-refractivity contribution >= 4 is 38.4 Å². The summed E-state index contributed by atoms with van der Waals surface area (Å²) in [6.45, 7) is 2.19. The van der Waals surface area contributed by atoms with Gasteiger partial charge in [0.15, 0.2) is 5.58 Å². The molecular weight excluding hydrogens is 296 g/mol. The molecule has 118 valence electrons. The van der Waals surface area contributed by atoms with Gasteiger partial charge in [-0.05, 0) is 29.8 Å². The minimum atomic E-state index is 0.278. The van der Waals surface area contributed by atoms with Gasteiger partial charge < -0.3 is 14.2 Å². The van der Waals surface area contributed by atoms with E-state index >= 15 is 0 Å². The highest BCUT2D eigenvalue weighted by Gasteiger charge is 2.24. The molecule has 3 nitrogen and oxygen atoms in total. The van der Waals surface area contributed by atoms with Crippen LogP contribution in [0.15, 0.2) is 71.4 Å². The summed E-state index contributed by atoms with van der Waals surface area (Å²) in [4.78, 5) is 4.45. The number of rotatable bonds is 1. The number of benzene rings is 3. The van der Waals surface area contributed by atoms with E-state index in [1.807, 2.05) is 0 Å². The summed E-state index contributed by atoms with van der Waals surface area (Å²) in [5.41, 5.74) is 3.01. The highest BCUT2D eigenvalue weighted by molar-refractivity contribution is 6.20. The van der Waals surface area contributed by atoms with Crippen LogP contribution in [-0.4, -0.2) is 18.1 Å². The van der Waals surface area contributed by atoms with Gasteiger partial charge in [0.25, 0.3) is 0 Å². The molecule has 0 N–H and O–H groups in total. The number of nitrogens with zero attached hydrogens (tertiary/aromatic N) is 2. The minimum absolute atomic E-state index is 0.278. The molecule has 0 bridgehead atoms. The van der Waals surface area contributed by atoms with Gasteiger partial charge in [0, 0.05) is 30.2 Å². The normalized spacial score (nSPS) is 17.7. The lowest BCUT2D eigenvalue weighted by atomic mass is 10.0. The molecule has 0 amide bonds. The van der Waals surface area contributed by atoms with E-state index in [4.69, 9.17) is 4.42 Å². The Morgan fingerprint density at radius 1 is 0.875 bits per heavy atom. The van der Waals surface area contributed by atoms with Crippen molar-refractivity contribution in [3.63, 3.8) is 0 Å². The van der Waals surface area contributed by atoms with Gasteiger partial charge in [-0.3, -0.25) is 0 Å². The SMILES string of the molecule is C[C@H]1N(C)C=CN1c1cccc2c1oc1ccc3ccccc3c12. The fraction of sp³-hybridized carbons (Fsp3) is 0.143. The Balaban J connectivity index is 1.86. The third kappa shape index (κ3) is 1.72. The summed E-state index contributed by atoms with van der Waals surface area (Å²) in [6.07, 6.45) is 4.49. The zero-order valence-electron chi connectivity index (χ0n) is 13.7. The van der Waals surface area contributed by atoms with Gasteiger partial charge in [-0.15, -0.1) is 0 Å². The molecular formula is C21H18N2O. The first-order valence-corrected chi connectivity index (χ1v) is 8.25. The molecule has 24 heavy (non-hydrogen) atoms. The lowest BCUT2D eigenvalue weighted by Gasteiger charge is -2.27. The van der Waals surface area contributed by atoms with E-state index in [0.29, 0.717) is 0 Å². The summed E-state index contributed by atoms with van der Waals surface area (Å²) < 4.78 is 6.29. The molecule has 0 saturated heterocycles. The topological polar surface area (TPSA) is 19.6 Å². The van der Waals surface area contributed by atoms with Gasteiger partial charge in [0.05, 0.1) is 5.69 Å². The zero-order valence-corrected chi connectivity index (χ0v) is 13.7. The molecule has 3 heteroatoms. The first-order chi connectivity index (χ1) is 11.7. The maximum absolute atomic E-state index is 6.29. The van der Waals surface area contributed by atoms with E-state index in [9.17, 15) is 0 Å². The Morgan fingerprint density at radius 2 is 1.71 bits per heavy atom. The van der Waals surface area contributed by atoms with Crippen molar-refractivity contribution in [1.82, 2.24) is 4.90 Å². The molecule has 5 rings (SSSR count). The second-order valence-electron chi connectivity index (χ2n) is 6.42. The van der Waals surface area contributed by atoms with Crippen molar-refractivity contribution < 1.29 is 4.42 Å². The molecule has 0 saturated carbocycles. The maximum atomic E-state index is 6.29. The lowest BCUT2D eigenvalue weighted by Crippen LogP contribution is -2.33. The number of furan rings is 1. The predicted octanol–water partition coefficient (Wildman–Crippen LogP) is 5.31. The lowest BCUT2D eigenvalue weighted by molar-refractivity contribution is 0.383. The van der Waals surface area contributed by atoms with Crippen LogP contribution in [0, 0.1) is 0 Å². The van der Waals surface area contributed by atoms with E-state index < -0.39 is 0 Å². The van der Waals surface area contributed by atoms with Crippen LogP contribution in [0.5, 0.6) is 0 Å². The van der Waals surface area contributed by atoms with Crippen LogP contribution in [0.4, 0.5) is 5.69 Å². The van der Waals surface area contributed by atoms with Gasteiger partial charge in [-0.1, -0.05) is 42.5 Å². The zero-order chi connectivity index (χ0) is 16.3. The second-order valence-corrected chi connectivity index (χ2v) is 6.42. The average molecular weight is 314 g/mol. The van der Waals surface area contributed by atoms with Crippen LogP contribution in [-0.2, 0) is 0 Å². The van der Waals surface area contributed by atoms with Crippen molar-refractivity contribution in [1.29, 1.82) is 0 Å². The Labute approximate surface area is 140 Å². The predicted molar refractivity (Wildman–Crippen MR) is 100 cm³/mol. The number of anilines is 1. The van der Waals surface area contributed by atoms with Crippen LogP contribution in [0.1, 0.15) is 6.92 Å². The van der Waals surface area contributed by atoms with Crippen molar-refractivity contribution in [2.24, 2.45) is 0 Å². The molecule has 0 spiro atoms. The largest absolute Gasteiger partial charge is 0.454 e. The van der Waals surface area contributed by atoms with E-state index in [-0.39, 0.29) is 6.17 Å². The van der Waals surface area contributed by atoms with Gasteiger partial charge >= 0.3 is 0 Å². The quantitative estimate of drug-likeness (QED) is 0.475. The molecule has 1 aliphatic rings. The molecule has 2 heterocycles. The first-order valence-electron chi connectivity index (χ1n) is 8.25. The van der Waals surface area contributed by atoms with Gasteiger partial charge in [-0.25, -0.2) is 0 Å². The average Bonchev–Trinajstić information content (AvgIpc) is 3.16. The summed E-state index contributed by atoms with van der Waals surface area (Å²) in [7, 11) is 2.09. The van der Waals surface area contributed by atoms with Gasteiger partial charge in [0.2, 0.25) is 0 Å². The molecule has 0 unspecified atom stereocenters.